The van der Waals surface area contributed by atoms with Crippen molar-refractivity contribution >= 4 is 5.91 Å². The first-order chi connectivity index (χ1) is 12.7. The first-order valence-corrected chi connectivity index (χ1v) is 9.91. The maximum Gasteiger partial charge on any atom is 0.222 e. The van der Waals surface area contributed by atoms with Gasteiger partial charge in [-0.2, -0.15) is 0 Å². The Kier molecular flexibility index (Phi) is 4.79. The smallest absolute Gasteiger partial charge is 0.222 e. The highest BCUT2D eigenvalue weighted by Gasteiger charge is 2.53. The van der Waals surface area contributed by atoms with Crippen molar-refractivity contribution in [2.24, 2.45) is 5.41 Å². The van der Waals surface area contributed by atoms with Crippen LogP contribution in [0.3, 0.4) is 0 Å². The molecule has 1 spiro atoms. The zero-order chi connectivity index (χ0) is 18.0. The largest absolute Gasteiger partial charge is 0.341 e. The molecule has 1 atom stereocenters. The Morgan fingerprint density at radius 2 is 2.08 bits per heavy atom. The van der Waals surface area contributed by atoms with Gasteiger partial charge >= 0.3 is 0 Å². The maximum absolute atomic E-state index is 12.8. The minimum absolute atomic E-state index is 0.245. The lowest BCUT2D eigenvalue weighted by molar-refractivity contribution is -0.130. The Morgan fingerprint density at radius 3 is 2.77 bits per heavy atom. The number of carbonyl (C=O) groups is 1. The van der Waals surface area contributed by atoms with Crippen LogP contribution >= 0.6 is 0 Å². The van der Waals surface area contributed by atoms with Gasteiger partial charge in [-0.3, -0.25) is 4.79 Å². The highest BCUT2D eigenvalue weighted by Crippen LogP contribution is 2.55. The van der Waals surface area contributed by atoms with Crippen LogP contribution in [0.4, 0.5) is 0 Å². The number of nitrogens with zero attached hydrogens (tertiary/aromatic N) is 4. The molecule has 1 aliphatic heterocycles. The van der Waals surface area contributed by atoms with Crippen molar-refractivity contribution in [1.29, 1.82) is 0 Å². The standard InChI is InChI=1S/C21H28N4O/c1-2-24-16-22-23-20(24)18-14-25(15-21(18)12-7-13-21)19(26)11-6-10-17-8-4-3-5-9-17/h3-5,8-9,16,18H,2,6-7,10-15H2,1H3. The maximum atomic E-state index is 12.8. The van der Waals surface area contributed by atoms with Crippen LogP contribution in [0.2, 0.25) is 0 Å². The van der Waals surface area contributed by atoms with Gasteiger partial charge in [-0.15, -0.1) is 10.2 Å². The van der Waals surface area contributed by atoms with Crippen LogP contribution in [0.25, 0.3) is 0 Å². The summed E-state index contributed by atoms with van der Waals surface area (Å²) in [6.45, 7) is 4.73. The molecule has 0 radical (unpaired) electrons. The topological polar surface area (TPSA) is 51.0 Å². The normalized spacial score (nSPS) is 21.1. The molecule has 1 aromatic heterocycles. The Morgan fingerprint density at radius 1 is 1.27 bits per heavy atom. The van der Waals surface area contributed by atoms with Gasteiger partial charge in [-0.25, -0.2) is 0 Å². The number of hydrogen-bond acceptors (Lipinski definition) is 3. The van der Waals surface area contributed by atoms with Crippen molar-refractivity contribution in [3.8, 4) is 0 Å². The third-order valence-corrected chi connectivity index (χ3v) is 6.35. The van der Waals surface area contributed by atoms with Crippen molar-refractivity contribution in [3.05, 3.63) is 48.0 Å². The first kappa shape index (κ1) is 17.3. The molecule has 0 bridgehead atoms. The molecular weight excluding hydrogens is 324 g/mol. The van der Waals surface area contributed by atoms with Crippen LogP contribution < -0.4 is 0 Å². The minimum atomic E-state index is 0.245. The van der Waals surface area contributed by atoms with Crippen molar-refractivity contribution in [3.63, 3.8) is 0 Å². The number of amides is 1. The van der Waals surface area contributed by atoms with Crippen molar-refractivity contribution in [2.75, 3.05) is 13.1 Å². The third-order valence-electron chi connectivity index (χ3n) is 6.35. The summed E-state index contributed by atoms with van der Waals surface area (Å²) in [6.07, 6.45) is 8.04. The van der Waals surface area contributed by atoms with E-state index in [0.717, 1.165) is 38.3 Å². The van der Waals surface area contributed by atoms with E-state index in [9.17, 15) is 4.79 Å². The molecule has 1 unspecified atom stereocenters. The molecule has 5 heteroatoms. The van der Waals surface area contributed by atoms with E-state index in [1.807, 2.05) is 12.4 Å². The van der Waals surface area contributed by atoms with Crippen molar-refractivity contribution in [1.82, 2.24) is 19.7 Å². The van der Waals surface area contributed by atoms with Crippen molar-refractivity contribution < 1.29 is 4.79 Å². The van der Waals surface area contributed by atoms with Crippen LogP contribution in [0.1, 0.15) is 56.3 Å². The summed E-state index contributed by atoms with van der Waals surface area (Å²) in [6, 6.07) is 10.4. The lowest BCUT2D eigenvalue weighted by atomic mass is 9.62. The molecule has 1 amide bonds. The number of rotatable bonds is 6. The number of aromatic nitrogens is 3. The van der Waals surface area contributed by atoms with Crippen LogP contribution in [-0.4, -0.2) is 38.7 Å². The van der Waals surface area contributed by atoms with Gasteiger partial charge in [0.2, 0.25) is 5.91 Å². The summed E-state index contributed by atoms with van der Waals surface area (Å²) in [5.41, 5.74) is 1.56. The molecule has 2 fully saturated rings. The number of hydrogen-bond donors (Lipinski definition) is 0. The molecule has 0 N–H and O–H groups in total. The summed E-state index contributed by atoms with van der Waals surface area (Å²) in [7, 11) is 0. The van der Waals surface area contributed by atoms with Gasteiger partial charge in [0.25, 0.3) is 0 Å². The summed E-state index contributed by atoms with van der Waals surface area (Å²) in [5, 5.41) is 8.54. The van der Waals surface area contributed by atoms with Crippen LogP contribution in [0.5, 0.6) is 0 Å². The Bertz CT molecular complexity index is 750. The molecular formula is C21H28N4O. The molecule has 1 saturated heterocycles. The fourth-order valence-electron chi connectivity index (χ4n) is 4.68. The van der Waals surface area contributed by atoms with E-state index in [4.69, 9.17) is 0 Å². The van der Waals surface area contributed by atoms with E-state index >= 15 is 0 Å². The lowest BCUT2D eigenvalue weighted by Crippen LogP contribution is -2.38. The molecule has 2 heterocycles. The monoisotopic (exact) mass is 352 g/mol. The molecule has 5 nitrogen and oxygen atoms in total. The second-order valence-electron chi connectivity index (χ2n) is 7.86. The fraction of sp³-hybridized carbons (Fsp3) is 0.571. The fourth-order valence-corrected chi connectivity index (χ4v) is 4.68. The van der Waals surface area contributed by atoms with E-state index < -0.39 is 0 Å². The zero-order valence-electron chi connectivity index (χ0n) is 15.6. The SMILES string of the molecule is CCn1cnnc1C1CN(C(=O)CCCc2ccccc2)CC12CCC2. The summed E-state index contributed by atoms with van der Waals surface area (Å²) in [5.74, 6) is 1.72. The molecule has 2 aliphatic rings. The highest BCUT2D eigenvalue weighted by molar-refractivity contribution is 5.76. The van der Waals surface area contributed by atoms with E-state index in [1.165, 1.54) is 24.8 Å². The van der Waals surface area contributed by atoms with E-state index in [2.05, 4.69) is 50.9 Å². The number of aryl methyl sites for hydroxylation is 2. The molecule has 1 saturated carbocycles. The average molecular weight is 352 g/mol. The van der Waals surface area contributed by atoms with Gasteiger partial charge in [0.1, 0.15) is 12.2 Å². The predicted octanol–water partition coefficient (Wildman–Crippen LogP) is 3.42. The van der Waals surface area contributed by atoms with Crippen LogP contribution in [0, 0.1) is 5.41 Å². The quantitative estimate of drug-likeness (QED) is 0.800. The van der Waals surface area contributed by atoms with Gasteiger partial charge in [0.05, 0.1) is 0 Å². The van der Waals surface area contributed by atoms with E-state index in [0.29, 0.717) is 18.2 Å². The lowest BCUT2D eigenvalue weighted by Gasteiger charge is -2.42. The third kappa shape index (κ3) is 3.15. The summed E-state index contributed by atoms with van der Waals surface area (Å²) >= 11 is 0. The first-order valence-electron chi connectivity index (χ1n) is 9.91. The second kappa shape index (κ2) is 7.22. The molecule has 138 valence electrons. The van der Waals surface area contributed by atoms with Gasteiger partial charge in [-0.1, -0.05) is 36.8 Å². The highest BCUT2D eigenvalue weighted by atomic mass is 16.2. The molecule has 26 heavy (non-hydrogen) atoms. The molecule has 1 aromatic carbocycles. The summed E-state index contributed by atoms with van der Waals surface area (Å²) in [4.78, 5) is 14.9. The van der Waals surface area contributed by atoms with Crippen LogP contribution in [0.15, 0.2) is 36.7 Å². The van der Waals surface area contributed by atoms with Gasteiger partial charge in [0, 0.05) is 32.0 Å². The Balaban J connectivity index is 1.39. The summed E-state index contributed by atoms with van der Waals surface area (Å²) < 4.78 is 2.15. The Hall–Kier alpha value is -2.17. The molecule has 2 aromatic rings. The number of carbonyl (C=O) groups excluding carboxylic acids is 1. The number of likely N-dealkylation sites (tertiary alicyclic amines) is 1. The second-order valence-corrected chi connectivity index (χ2v) is 7.86. The number of benzene rings is 1. The van der Waals surface area contributed by atoms with E-state index in [-0.39, 0.29) is 5.41 Å². The average Bonchev–Trinajstić information content (AvgIpc) is 3.26. The molecule has 4 rings (SSSR count). The zero-order valence-corrected chi connectivity index (χ0v) is 15.6. The Labute approximate surface area is 155 Å². The van der Waals surface area contributed by atoms with Gasteiger partial charge < -0.3 is 9.47 Å². The van der Waals surface area contributed by atoms with Crippen molar-refractivity contribution in [2.45, 2.75) is 57.9 Å². The predicted molar refractivity (Wildman–Crippen MR) is 101 cm³/mol. The van der Waals surface area contributed by atoms with Gasteiger partial charge in [-0.05, 0) is 43.6 Å². The minimum Gasteiger partial charge on any atom is -0.341 e. The van der Waals surface area contributed by atoms with Gasteiger partial charge in [0.15, 0.2) is 0 Å². The van der Waals surface area contributed by atoms with Crippen LogP contribution in [-0.2, 0) is 17.8 Å². The van der Waals surface area contributed by atoms with E-state index in [1.54, 1.807) is 0 Å². The molecule has 1 aliphatic carbocycles.